The highest BCUT2D eigenvalue weighted by Gasteiger charge is 2.53. The molecule has 2 aliphatic rings. The van der Waals surface area contributed by atoms with Crippen LogP contribution >= 0.6 is 0 Å². The van der Waals surface area contributed by atoms with Gasteiger partial charge in [0.25, 0.3) is 5.79 Å². The van der Waals surface area contributed by atoms with Crippen LogP contribution in [0.5, 0.6) is 0 Å². The predicted octanol–water partition coefficient (Wildman–Crippen LogP) is 1.40. The summed E-state index contributed by atoms with van der Waals surface area (Å²) in [7, 11) is -0.412. The van der Waals surface area contributed by atoms with Gasteiger partial charge >= 0.3 is 11.9 Å². The third-order valence-corrected chi connectivity index (χ3v) is 5.90. The lowest BCUT2D eigenvalue weighted by Crippen LogP contribution is -2.48. The van der Waals surface area contributed by atoms with Crippen LogP contribution < -0.4 is 0 Å². The monoisotopic (exact) mass is 300 g/mol. The van der Waals surface area contributed by atoms with Crippen molar-refractivity contribution in [2.24, 2.45) is 5.92 Å². The van der Waals surface area contributed by atoms with Crippen LogP contribution in [-0.2, 0) is 23.8 Å². The van der Waals surface area contributed by atoms with E-state index >= 15 is 0 Å². The first-order valence-corrected chi connectivity index (χ1v) is 9.51. The van der Waals surface area contributed by atoms with Crippen molar-refractivity contribution in [1.29, 1.82) is 0 Å². The highest BCUT2D eigenvalue weighted by atomic mass is 28.2. The number of carbonyl (C=O) groups excluding carboxylic acids is 2. The first-order valence-electron chi connectivity index (χ1n) is 7.51. The number of fused-ring (bicyclic) bond motifs is 1. The molecule has 6 heteroatoms. The molecule has 0 aromatic carbocycles. The molecule has 0 amide bonds. The van der Waals surface area contributed by atoms with Gasteiger partial charge in [-0.3, -0.25) is 9.59 Å². The molecule has 1 heterocycles. The van der Waals surface area contributed by atoms with Gasteiger partial charge in [0.05, 0.1) is 12.2 Å². The van der Waals surface area contributed by atoms with Crippen LogP contribution in [0.4, 0.5) is 0 Å². The smallest absolute Gasteiger partial charge is 0.305 e. The highest BCUT2D eigenvalue weighted by molar-refractivity contribution is 6.35. The van der Waals surface area contributed by atoms with Crippen LogP contribution in [0.25, 0.3) is 0 Å². The average Bonchev–Trinajstić information content (AvgIpc) is 3.12. The molecule has 1 aliphatic heterocycles. The van der Waals surface area contributed by atoms with Crippen molar-refractivity contribution < 1.29 is 23.8 Å². The Morgan fingerprint density at radius 3 is 2.35 bits per heavy atom. The topological polar surface area (TPSA) is 65.1 Å². The predicted molar refractivity (Wildman–Crippen MR) is 76.1 cm³/mol. The van der Waals surface area contributed by atoms with Gasteiger partial charge in [-0.2, -0.15) is 0 Å². The van der Waals surface area contributed by atoms with E-state index in [1.807, 2.05) is 0 Å². The maximum atomic E-state index is 11.5. The first kappa shape index (κ1) is 15.5. The second kappa shape index (κ2) is 6.26. The van der Waals surface area contributed by atoms with Gasteiger partial charge in [0.2, 0.25) is 0 Å². The van der Waals surface area contributed by atoms with Crippen molar-refractivity contribution in [2.45, 2.75) is 70.1 Å². The molecule has 3 unspecified atom stereocenters. The third kappa shape index (κ3) is 3.61. The van der Waals surface area contributed by atoms with E-state index in [0.29, 0.717) is 12.1 Å². The molecule has 3 atom stereocenters. The van der Waals surface area contributed by atoms with Gasteiger partial charge < -0.3 is 14.2 Å². The fourth-order valence-corrected chi connectivity index (χ4v) is 4.67. The number of ether oxygens (including phenoxy) is 3. The molecule has 114 valence electrons. The van der Waals surface area contributed by atoms with Gasteiger partial charge in [0, 0.05) is 35.3 Å². The number of hydrogen-bond donors (Lipinski definition) is 0. The number of hydrogen-bond acceptors (Lipinski definition) is 5. The maximum absolute atomic E-state index is 11.5. The zero-order chi connectivity index (χ0) is 14.8. The zero-order valence-corrected chi connectivity index (χ0v) is 13.9. The standard InChI is InChI=1S/C14H24O5Si/c1-4-20-8-14(18-9(2)15,19-10(3)16)11-5-6-12-13(7-11)17-12/h11-13H,4-8,20H2,1-3H3. The number of esters is 2. The lowest BCUT2D eigenvalue weighted by atomic mass is 9.83. The minimum Gasteiger partial charge on any atom is -0.423 e. The van der Waals surface area contributed by atoms with E-state index in [2.05, 4.69) is 6.92 Å². The number of epoxide rings is 1. The Balaban J connectivity index is 2.16. The lowest BCUT2D eigenvalue weighted by molar-refractivity contribution is -0.240. The molecular formula is C14H24O5Si. The molecule has 2 fully saturated rings. The SMILES string of the molecule is CC[SiH2]CC(OC(C)=O)(OC(C)=O)C1CCC2OC2C1. The summed E-state index contributed by atoms with van der Waals surface area (Å²) in [6.07, 6.45) is 3.32. The lowest BCUT2D eigenvalue weighted by Gasteiger charge is -2.39. The average molecular weight is 300 g/mol. The molecule has 0 aromatic rings. The van der Waals surface area contributed by atoms with Crippen LogP contribution in [0.1, 0.15) is 40.0 Å². The van der Waals surface area contributed by atoms with Crippen molar-refractivity contribution in [3.8, 4) is 0 Å². The summed E-state index contributed by atoms with van der Waals surface area (Å²) in [6, 6.07) is 1.80. The zero-order valence-electron chi connectivity index (χ0n) is 12.5. The summed E-state index contributed by atoms with van der Waals surface area (Å²) in [5.41, 5.74) is 0. The molecule has 1 saturated carbocycles. The van der Waals surface area contributed by atoms with E-state index in [0.717, 1.165) is 25.3 Å². The second-order valence-electron chi connectivity index (χ2n) is 5.83. The van der Waals surface area contributed by atoms with Crippen molar-refractivity contribution >= 4 is 21.5 Å². The van der Waals surface area contributed by atoms with Crippen LogP contribution in [0.3, 0.4) is 0 Å². The van der Waals surface area contributed by atoms with Gasteiger partial charge in [0.15, 0.2) is 0 Å². The van der Waals surface area contributed by atoms with Crippen LogP contribution in [-0.4, -0.2) is 39.5 Å². The molecular weight excluding hydrogens is 276 g/mol. The van der Waals surface area contributed by atoms with Gasteiger partial charge in [-0.1, -0.05) is 13.0 Å². The summed E-state index contributed by atoms with van der Waals surface area (Å²) in [5.74, 6) is -1.74. The third-order valence-electron chi connectivity index (χ3n) is 4.14. The second-order valence-corrected chi connectivity index (χ2v) is 8.03. The van der Waals surface area contributed by atoms with Gasteiger partial charge in [-0.15, -0.1) is 0 Å². The fraction of sp³-hybridized carbons (Fsp3) is 0.857. The van der Waals surface area contributed by atoms with E-state index in [1.54, 1.807) is 0 Å². The summed E-state index contributed by atoms with van der Waals surface area (Å²) >= 11 is 0. The van der Waals surface area contributed by atoms with E-state index < -0.39 is 15.3 Å². The maximum Gasteiger partial charge on any atom is 0.305 e. The summed E-state index contributed by atoms with van der Waals surface area (Å²) < 4.78 is 16.7. The molecule has 0 N–H and O–H groups in total. The first-order chi connectivity index (χ1) is 9.47. The molecule has 0 radical (unpaired) electrons. The summed E-state index contributed by atoms with van der Waals surface area (Å²) in [5, 5.41) is 0. The van der Waals surface area contributed by atoms with Gasteiger partial charge in [-0.25, -0.2) is 0 Å². The fourth-order valence-electron chi connectivity index (χ4n) is 3.21. The van der Waals surface area contributed by atoms with E-state index in [4.69, 9.17) is 14.2 Å². The van der Waals surface area contributed by atoms with Crippen molar-refractivity contribution in [3.05, 3.63) is 0 Å². The highest BCUT2D eigenvalue weighted by Crippen LogP contribution is 2.46. The molecule has 0 bridgehead atoms. The quantitative estimate of drug-likeness (QED) is 0.321. The normalized spacial score (nSPS) is 29.1. The number of rotatable bonds is 6. The minimum atomic E-state index is -1.04. The largest absolute Gasteiger partial charge is 0.423 e. The van der Waals surface area contributed by atoms with E-state index in [-0.39, 0.29) is 24.0 Å². The van der Waals surface area contributed by atoms with Crippen molar-refractivity contribution in [3.63, 3.8) is 0 Å². The molecule has 0 aromatic heterocycles. The van der Waals surface area contributed by atoms with Crippen molar-refractivity contribution in [1.82, 2.24) is 0 Å². The number of carbonyl (C=O) groups is 2. The summed E-state index contributed by atoms with van der Waals surface area (Å²) in [6.45, 7) is 4.88. The molecule has 5 nitrogen and oxygen atoms in total. The van der Waals surface area contributed by atoms with Crippen LogP contribution in [0.2, 0.25) is 12.1 Å². The van der Waals surface area contributed by atoms with Crippen LogP contribution in [0, 0.1) is 5.92 Å². The molecule has 20 heavy (non-hydrogen) atoms. The minimum absolute atomic E-state index is 0.0677. The summed E-state index contributed by atoms with van der Waals surface area (Å²) in [4.78, 5) is 23.0. The molecule has 0 spiro atoms. The van der Waals surface area contributed by atoms with E-state index in [9.17, 15) is 9.59 Å². The van der Waals surface area contributed by atoms with Gasteiger partial charge in [0.1, 0.15) is 0 Å². The Morgan fingerprint density at radius 2 is 1.85 bits per heavy atom. The Hall–Kier alpha value is -0.883. The Morgan fingerprint density at radius 1 is 1.20 bits per heavy atom. The Kier molecular flexibility index (Phi) is 4.85. The Labute approximate surface area is 122 Å². The van der Waals surface area contributed by atoms with E-state index in [1.165, 1.54) is 13.8 Å². The van der Waals surface area contributed by atoms with Crippen LogP contribution in [0.15, 0.2) is 0 Å². The molecule has 1 aliphatic carbocycles. The van der Waals surface area contributed by atoms with Crippen molar-refractivity contribution in [2.75, 3.05) is 0 Å². The molecule has 2 rings (SSSR count). The van der Waals surface area contributed by atoms with Gasteiger partial charge in [-0.05, 0) is 19.3 Å². The molecule has 1 saturated heterocycles. The Bertz CT molecular complexity index is 368.